The molecular formula is C27H22N6OS. The van der Waals surface area contributed by atoms with Gasteiger partial charge in [0.2, 0.25) is 0 Å². The van der Waals surface area contributed by atoms with Gasteiger partial charge in [0.25, 0.3) is 5.56 Å². The van der Waals surface area contributed by atoms with Crippen LogP contribution in [0, 0.1) is 25.2 Å². The predicted octanol–water partition coefficient (Wildman–Crippen LogP) is 5.08. The van der Waals surface area contributed by atoms with Gasteiger partial charge in [0.15, 0.2) is 11.0 Å². The standard InChI is InChI=1S/C27H22N6OS/c1-18-7-11-20(12-8-18)25-30-31-27(33(25)21-13-9-19(2)10-14-21)35-17-24-29-23-6-4-3-5-22(23)26(34)32(24)16-15-28/h3-14H,16-17H2,1-2H3. The highest BCUT2D eigenvalue weighted by Crippen LogP contribution is 2.30. The lowest BCUT2D eigenvalue weighted by atomic mass is 10.1. The molecule has 8 heteroatoms. The normalized spacial score (nSPS) is 11.0. The molecule has 5 aromatic rings. The lowest BCUT2D eigenvalue weighted by Crippen LogP contribution is -2.24. The Hall–Kier alpha value is -4.22. The Balaban J connectivity index is 1.57. The molecule has 0 amide bonds. The molecule has 0 N–H and O–H groups in total. The van der Waals surface area contributed by atoms with E-state index in [-0.39, 0.29) is 12.1 Å². The predicted molar refractivity (Wildman–Crippen MR) is 137 cm³/mol. The van der Waals surface area contributed by atoms with E-state index in [2.05, 4.69) is 40.5 Å². The van der Waals surface area contributed by atoms with Crippen molar-refractivity contribution in [2.45, 2.75) is 31.3 Å². The Kier molecular flexibility index (Phi) is 6.17. The average Bonchev–Trinajstić information content (AvgIpc) is 3.29. The molecule has 0 unspecified atom stereocenters. The first-order chi connectivity index (χ1) is 17.0. The van der Waals surface area contributed by atoms with Crippen LogP contribution in [0.3, 0.4) is 0 Å². The summed E-state index contributed by atoms with van der Waals surface area (Å²) in [6.07, 6.45) is 0. The second-order valence-electron chi connectivity index (χ2n) is 8.23. The molecule has 7 nitrogen and oxygen atoms in total. The van der Waals surface area contributed by atoms with E-state index in [4.69, 9.17) is 4.98 Å². The molecule has 0 fully saturated rings. The van der Waals surface area contributed by atoms with Gasteiger partial charge in [-0.2, -0.15) is 5.26 Å². The van der Waals surface area contributed by atoms with Gasteiger partial charge in [-0.3, -0.25) is 13.9 Å². The van der Waals surface area contributed by atoms with Gasteiger partial charge in [-0.25, -0.2) is 4.98 Å². The van der Waals surface area contributed by atoms with Crippen molar-refractivity contribution in [2.75, 3.05) is 0 Å². The Morgan fingerprint density at radius 3 is 2.31 bits per heavy atom. The number of para-hydroxylation sites is 1. The maximum Gasteiger partial charge on any atom is 0.262 e. The van der Waals surface area contributed by atoms with Crippen LogP contribution in [-0.4, -0.2) is 24.3 Å². The molecular weight excluding hydrogens is 456 g/mol. The fourth-order valence-electron chi connectivity index (χ4n) is 3.87. The van der Waals surface area contributed by atoms with Crippen LogP contribution in [0.25, 0.3) is 28.0 Å². The first-order valence-corrected chi connectivity index (χ1v) is 12.1. The molecule has 0 aliphatic heterocycles. The van der Waals surface area contributed by atoms with Crippen molar-refractivity contribution in [3.63, 3.8) is 0 Å². The van der Waals surface area contributed by atoms with Crippen LogP contribution in [0.4, 0.5) is 0 Å². The van der Waals surface area contributed by atoms with Crippen molar-refractivity contribution in [3.05, 3.63) is 100 Å². The minimum absolute atomic E-state index is 0.0637. The van der Waals surface area contributed by atoms with E-state index in [9.17, 15) is 10.1 Å². The van der Waals surface area contributed by atoms with Crippen molar-refractivity contribution < 1.29 is 0 Å². The monoisotopic (exact) mass is 478 g/mol. The summed E-state index contributed by atoms with van der Waals surface area (Å²) in [6.45, 7) is 4.03. The fourth-order valence-corrected chi connectivity index (χ4v) is 4.76. The minimum Gasteiger partial charge on any atom is -0.281 e. The highest BCUT2D eigenvalue weighted by atomic mass is 32.2. The third-order valence-corrected chi connectivity index (χ3v) is 6.66. The van der Waals surface area contributed by atoms with Gasteiger partial charge in [-0.1, -0.05) is 71.4 Å². The van der Waals surface area contributed by atoms with E-state index < -0.39 is 0 Å². The third-order valence-electron chi connectivity index (χ3n) is 5.74. The molecule has 0 radical (unpaired) electrons. The van der Waals surface area contributed by atoms with Crippen molar-refractivity contribution >= 4 is 22.7 Å². The highest BCUT2D eigenvalue weighted by molar-refractivity contribution is 7.98. The van der Waals surface area contributed by atoms with E-state index in [0.717, 1.165) is 22.6 Å². The van der Waals surface area contributed by atoms with Crippen LogP contribution in [0.15, 0.2) is 82.7 Å². The summed E-state index contributed by atoms with van der Waals surface area (Å²) in [5.74, 6) is 1.62. The lowest BCUT2D eigenvalue weighted by Gasteiger charge is -2.13. The summed E-state index contributed by atoms with van der Waals surface area (Å²) in [5.41, 5.74) is 4.63. The van der Waals surface area contributed by atoms with Crippen LogP contribution in [0.2, 0.25) is 0 Å². The summed E-state index contributed by atoms with van der Waals surface area (Å²) in [7, 11) is 0. The van der Waals surface area contributed by atoms with Gasteiger partial charge in [0, 0.05) is 11.3 Å². The van der Waals surface area contributed by atoms with Crippen LogP contribution >= 0.6 is 11.8 Å². The molecule has 0 spiro atoms. The maximum absolute atomic E-state index is 13.0. The first kappa shape index (κ1) is 22.6. The maximum atomic E-state index is 13.0. The van der Waals surface area contributed by atoms with E-state index in [0.29, 0.717) is 27.6 Å². The van der Waals surface area contributed by atoms with Gasteiger partial charge >= 0.3 is 0 Å². The topological polar surface area (TPSA) is 89.4 Å². The Bertz CT molecular complexity index is 1610. The summed E-state index contributed by atoms with van der Waals surface area (Å²) in [5, 5.41) is 19.5. The van der Waals surface area contributed by atoms with Crippen LogP contribution in [0.5, 0.6) is 0 Å². The number of thioether (sulfide) groups is 1. The molecule has 2 heterocycles. The Morgan fingerprint density at radius 2 is 1.60 bits per heavy atom. The Labute approximate surface area is 206 Å². The summed E-state index contributed by atoms with van der Waals surface area (Å²) >= 11 is 1.43. The number of nitrogens with zero attached hydrogens (tertiary/aromatic N) is 6. The molecule has 0 aliphatic rings. The molecule has 35 heavy (non-hydrogen) atoms. The Morgan fingerprint density at radius 1 is 0.914 bits per heavy atom. The van der Waals surface area contributed by atoms with Crippen molar-refractivity contribution in [2.24, 2.45) is 0 Å². The third kappa shape index (κ3) is 4.46. The van der Waals surface area contributed by atoms with E-state index in [1.54, 1.807) is 12.1 Å². The summed E-state index contributed by atoms with van der Waals surface area (Å²) in [6, 6.07) is 25.6. The highest BCUT2D eigenvalue weighted by Gasteiger charge is 2.18. The fraction of sp³-hybridized carbons (Fsp3) is 0.148. The first-order valence-electron chi connectivity index (χ1n) is 11.1. The molecule has 0 saturated carbocycles. The van der Waals surface area contributed by atoms with Crippen LogP contribution in [0.1, 0.15) is 17.0 Å². The van der Waals surface area contributed by atoms with E-state index in [1.807, 2.05) is 54.8 Å². The van der Waals surface area contributed by atoms with Crippen molar-refractivity contribution in [1.29, 1.82) is 5.26 Å². The number of rotatable bonds is 6. The number of benzene rings is 3. The minimum atomic E-state index is -0.215. The SMILES string of the molecule is Cc1ccc(-c2nnc(SCc3nc4ccccc4c(=O)n3CC#N)n2-c2ccc(C)cc2)cc1. The van der Waals surface area contributed by atoms with Gasteiger partial charge in [-0.15, -0.1) is 10.2 Å². The number of aryl methyl sites for hydroxylation is 2. The van der Waals surface area contributed by atoms with Gasteiger partial charge in [-0.05, 0) is 38.1 Å². The molecule has 0 bridgehead atoms. The number of fused-ring (bicyclic) bond motifs is 1. The van der Waals surface area contributed by atoms with Crippen molar-refractivity contribution in [3.8, 4) is 23.1 Å². The van der Waals surface area contributed by atoms with E-state index >= 15 is 0 Å². The smallest absolute Gasteiger partial charge is 0.262 e. The van der Waals surface area contributed by atoms with Crippen LogP contribution < -0.4 is 5.56 Å². The van der Waals surface area contributed by atoms with Gasteiger partial charge < -0.3 is 0 Å². The molecule has 0 atom stereocenters. The van der Waals surface area contributed by atoms with Crippen molar-refractivity contribution in [1.82, 2.24) is 24.3 Å². The van der Waals surface area contributed by atoms with Gasteiger partial charge in [0.1, 0.15) is 12.4 Å². The number of hydrogen-bond donors (Lipinski definition) is 0. The zero-order valence-electron chi connectivity index (χ0n) is 19.3. The zero-order valence-corrected chi connectivity index (χ0v) is 20.2. The molecule has 172 valence electrons. The molecule has 2 aromatic heterocycles. The quantitative estimate of drug-likeness (QED) is 0.316. The molecule has 5 rings (SSSR count). The van der Waals surface area contributed by atoms with Crippen LogP contribution in [-0.2, 0) is 12.3 Å². The zero-order chi connectivity index (χ0) is 24.4. The second kappa shape index (κ2) is 9.57. The van der Waals surface area contributed by atoms with Gasteiger partial charge in [0.05, 0.1) is 22.7 Å². The summed E-state index contributed by atoms with van der Waals surface area (Å²) < 4.78 is 3.45. The average molecular weight is 479 g/mol. The molecule has 3 aromatic carbocycles. The number of aromatic nitrogens is 5. The lowest BCUT2D eigenvalue weighted by molar-refractivity contribution is 0.729. The molecule has 0 saturated heterocycles. The van der Waals surface area contributed by atoms with E-state index in [1.165, 1.54) is 21.9 Å². The second-order valence-corrected chi connectivity index (χ2v) is 9.17. The number of hydrogen-bond acceptors (Lipinski definition) is 6. The number of nitriles is 1. The summed E-state index contributed by atoms with van der Waals surface area (Å²) in [4.78, 5) is 17.7. The molecule has 0 aliphatic carbocycles. The largest absolute Gasteiger partial charge is 0.281 e.